The summed E-state index contributed by atoms with van der Waals surface area (Å²) in [5.74, 6) is 0. The number of thiophene rings is 1. The lowest BCUT2D eigenvalue weighted by Crippen LogP contribution is -2.12. The zero-order chi connectivity index (χ0) is 11.5. The predicted molar refractivity (Wildman–Crippen MR) is 71.4 cm³/mol. The minimum absolute atomic E-state index is 0.0257. The van der Waals surface area contributed by atoms with E-state index in [1.54, 1.807) is 17.4 Å². The van der Waals surface area contributed by atoms with Crippen molar-refractivity contribution in [2.45, 2.75) is 12.5 Å². The van der Waals surface area contributed by atoms with Crippen LogP contribution in [0.4, 0.5) is 0 Å². The van der Waals surface area contributed by atoms with E-state index in [4.69, 9.17) is 28.9 Å². The van der Waals surface area contributed by atoms with Gasteiger partial charge in [-0.3, -0.25) is 0 Å². The molecule has 1 heterocycles. The van der Waals surface area contributed by atoms with Gasteiger partial charge in [-0.1, -0.05) is 35.3 Å². The van der Waals surface area contributed by atoms with Gasteiger partial charge in [0.25, 0.3) is 0 Å². The largest absolute Gasteiger partial charge is 0.324 e. The Morgan fingerprint density at radius 1 is 1.25 bits per heavy atom. The summed E-state index contributed by atoms with van der Waals surface area (Å²) in [6.07, 6.45) is 0.704. The Morgan fingerprint density at radius 2 is 2.06 bits per heavy atom. The summed E-state index contributed by atoms with van der Waals surface area (Å²) in [7, 11) is 0. The molecule has 0 saturated carbocycles. The summed E-state index contributed by atoms with van der Waals surface area (Å²) in [6, 6.07) is 7.64. The van der Waals surface area contributed by atoms with Gasteiger partial charge in [0.15, 0.2) is 0 Å². The first-order valence-electron chi connectivity index (χ1n) is 4.89. The van der Waals surface area contributed by atoms with Crippen molar-refractivity contribution in [3.8, 4) is 0 Å². The highest BCUT2D eigenvalue weighted by Crippen LogP contribution is 2.28. The summed E-state index contributed by atoms with van der Waals surface area (Å²) >= 11 is 13.7. The fraction of sp³-hybridized carbons (Fsp3) is 0.167. The van der Waals surface area contributed by atoms with E-state index in [0.29, 0.717) is 16.5 Å². The Balaban J connectivity index is 2.18. The van der Waals surface area contributed by atoms with Crippen LogP contribution in [0.25, 0.3) is 0 Å². The molecule has 0 aliphatic rings. The Kier molecular flexibility index (Phi) is 3.87. The van der Waals surface area contributed by atoms with Crippen LogP contribution < -0.4 is 5.73 Å². The molecule has 2 aromatic rings. The summed E-state index contributed by atoms with van der Waals surface area (Å²) < 4.78 is 0. The number of hydrogen-bond donors (Lipinski definition) is 1. The van der Waals surface area contributed by atoms with Crippen molar-refractivity contribution in [2.75, 3.05) is 0 Å². The zero-order valence-corrected chi connectivity index (χ0v) is 10.8. The van der Waals surface area contributed by atoms with E-state index in [1.165, 1.54) is 0 Å². The number of benzene rings is 1. The lowest BCUT2D eigenvalue weighted by molar-refractivity contribution is 0.725. The lowest BCUT2D eigenvalue weighted by Gasteiger charge is -2.11. The van der Waals surface area contributed by atoms with Gasteiger partial charge < -0.3 is 5.73 Å². The van der Waals surface area contributed by atoms with Crippen LogP contribution in [-0.4, -0.2) is 0 Å². The highest BCUT2D eigenvalue weighted by Gasteiger charge is 2.11. The SMILES string of the molecule is NC(Cc1cccc(Cl)c1Cl)c1ccsc1. The Hall–Kier alpha value is -0.540. The van der Waals surface area contributed by atoms with Crippen LogP contribution in [0.3, 0.4) is 0 Å². The van der Waals surface area contributed by atoms with Crippen molar-refractivity contribution < 1.29 is 0 Å². The standard InChI is InChI=1S/C12H11Cl2NS/c13-10-3-1-2-8(12(10)14)6-11(15)9-4-5-16-7-9/h1-5,7,11H,6,15H2. The molecule has 4 heteroatoms. The second-order valence-electron chi connectivity index (χ2n) is 3.58. The van der Waals surface area contributed by atoms with E-state index in [2.05, 4.69) is 5.38 Å². The third-order valence-corrected chi connectivity index (χ3v) is 4.00. The molecule has 0 aliphatic heterocycles. The average molecular weight is 272 g/mol. The summed E-state index contributed by atoms with van der Waals surface area (Å²) in [4.78, 5) is 0. The Bertz CT molecular complexity index is 468. The molecule has 0 amide bonds. The third-order valence-electron chi connectivity index (χ3n) is 2.44. The molecular formula is C12H11Cl2NS. The van der Waals surface area contributed by atoms with Gasteiger partial charge >= 0.3 is 0 Å². The van der Waals surface area contributed by atoms with E-state index in [-0.39, 0.29) is 6.04 Å². The molecule has 1 atom stereocenters. The van der Waals surface area contributed by atoms with Crippen molar-refractivity contribution in [2.24, 2.45) is 5.73 Å². The van der Waals surface area contributed by atoms with E-state index in [1.807, 2.05) is 23.6 Å². The average Bonchev–Trinajstić information content (AvgIpc) is 2.78. The molecule has 1 aromatic heterocycles. The Labute approximate surface area is 109 Å². The molecule has 0 spiro atoms. The van der Waals surface area contributed by atoms with Gasteiger partial charge in [-0.05, 0) is 40.4 Å². The second kappa shape index (κ2) is 5.19. The number of nitrogens with two attached hydrogens (primary N) is 1. The van der Waals surface area contributed by atoms with E-state index in [0.717, 1.165) is 11.1 Å². The van der Waals surface area contributed by atoms with Gasteiger partial charge in [0, 0.05) is 6.04 Å². The molecule has 0 aliphatic carbocycles. The van der Waals surface area contributed by atoms with E-state index >= 15 is 0 Å². The van der Waals surface area contributed by atoms with Crippen molar-refractivity contribution in [1.29, 1.82) is 0 Å². The normalized spacial score (nSPS) is 12.7. The molecule has 1 nitrogen and oxygen atoms in total. The van der Waals surface area contributed by atoms with Crippen molar-refractivity contribution in [3.63, 3.8) is 0 Å². The van der Waals surface area contributed by atoms with Gasteiger partial charge in [0.05, 0.1) is 10.0 Å². The monoisotopic (exact) mass is 271 g/mol. The summed E-state index contributed by atoms with van der Waals surface area (Å²) in [5.41, 5.74) is 8.23. The van der Waals surface area contributed by atoms with Gasteiger partial charge in [-0.25, -0.2) is 0 Å². The molecule has 0 saturated heterocycles. The fourth-order valence-corrected chi connectivity index (χ4v) is 2.67. The van der Waals surface area contributed by atoms with Crippen molar-refractivity contribution in [3.05, 3.63) is 56.2 Å². The molecule has 0 radical (unpaired) electrons. The molecular weight excluding hydrogens is 261 g/mol. The molecule has 84 valence electrons. The molecule has 16 heavy (non-hydrogen) atoms. The Morgan fingerprint density at radius 3 is 2.75 bits per heavy atom. The van der Waals surface area contributed by atoms with Gasteiger partial charge in [0.1, 0.15) is 0 Å². The fourth-order valence-electron chi connectivity index (χ4n) is 1.55. The first-order chi connectivity index (χ1) is 7.68. The molecule has 0 bridgehead atoms. The maximum atomic E-state index is 6.11. The van der Waals surface area contributed by atoms with Gasteiger partial charge in [-0.15, -0.1) is 0 Å². The quantitative estimate of drug-likeness (QED) is 0.885. The number of rotatable bonds is 3. The first-order valence-corrected chi connectivity index (χ1v) is 6.59. The minimum Gasteiger partial charge on any atom is -0.324 e. The van der Waals surface area contributed by atoms with Crippen LogP contribution in [0.15, 0.2) is 35.0 Å². The highest BCUT2D eigenvalue weighted by atomic mass is 35.5. The molecule has 1 unspecified atom stereocenters. The van der Waals surface area contributed by atoms with Gasteiger partial charge in [-0.2, -0.15) is 11.3 Å². The summed E-state index contributed by atoms with van der Waals surface area (Å²) in [5, 5.41) is 5.27. The van der Waals surface area contributed by atoms with Crippen molar-refractivity contribution >= 4 is 34.5 Å². The van der Waals surface area contributed by atoms with E-state index in [9.17, 15) is 0 Å². The highest BCUT2D eigenvalue weighted by molar-refractivity contribution is 7.07. The van der Waals surface area contributed by atoms with Crippen LogP contribution >= 0.6 is 34.5 Å². The molecule has 1 aromatic carbocycles. The van der Waals surface area contributed by atoms with Crippen LogP contribution in [0.1, 0.15) is 17.2 Å². The third kappa shape index (κ3) is 2.58. The smallest absolute Gasteiger partial charge is 0.0624 e. The van der Waals surface area contributed by atoms with Crippen LogP contribution in [0, 0.1) is 0 Å². The van der Waals surface area contributed by atoms with Crippen molar-refractivity contribution in [1.82, 2.24) is 0 Å². The van der Waals surface area contributed by atoms with E-state index < -0.39 is 0 Å². The summed E-state index contributed by atoms with van der Waals surface area (Å²) in [6.45, 7) is 0. The maximum absolute atomic E-state index is 6.11. The molecule has 2 rings (SSSR count). The first kappa shape index (κ1) is 11.9. The number of hydrogen-bond acceptors (Lipinski definition) is 2. The molecule has 0 fully saturated rings. The number of halogens is 2. The van der Waals surface area contributed by atoms with Crippen LogP contribution in [0.2, 0.25) is 10.0 Å². The van der Waals surface area contributed by atoms with Crippen LogP contribution in [-0.2, 0) is 6.42 Å². The lowest BCUT2D eigenvalue weighted by atomic mass is 10.0. The van der Waals surface area contributed by atoms with Gasteiger partial charge in [0.2, 0.25) is 0 Å². The topological polar surface area (TPSA) is 26.0 Å². The maximum Gasteiger partial charge on any atom is 0.0624 e. The zero-order valence-electron chi connectivity index (χ0n) is 8.49. The molecule has 2 N–H and O–H groups in total. The second-order valence-corrected chi connectivity index (χ2v) is 5.15. The van der Waals surface area contributed by atoms with Crippen LogP contribution in [0.5, 0.6) is 0 Å². The minimum atomic E-state index is -0.0257. The predicted octanol–water partition coefficient (Wildman–Crippen LogP) is 4.30.